The summed E-state index contributed by atoms with van der Waals surface area (Å²) in [5.41, 5.74) is 5.09. The van der Waals surface area contributed by atoms with E-state index in [4.69, 9.17) is 14.5 Å². The Morgan fingerprint density at radius 2 is 1.88 bits per heavy atom. The minimum absolute atomic E-state index is 0.0228. The number of fused-ring (bicyclic) bond motifs is 2. The van der Waals surface area contributed by atoms with Gasteiger partial charge in [-0.2, -0.15) is 5.10 Å². The van der Waals surface area contributed by atoms with Crippen LogP contribution in [0, 0.1) is 13.8 Å². The lowest BCUT2D eigenvalue weighted by atomic mass is 9.97. The summed E-state index contributed by atoms with van der Waals surface area (Å²) in [6, 6.07) is 7.90. The van der Waals surface area contributed by atoms with Gasteiger partial charge in [0, 0.05) is 42.2 Å². The van der Waals surface area contributed by atoms with E-state index in [1.807, 2.05) is 43.0 Å². The highest BCUT2D eigenvalue weighted by molar-refractivity contribution is 7.10. The van der Waals surface area contributed by atoms with Crippen LogP contribution in [-0.2, 0) is 0 Å². The third-order valence-electron chi connectivity index (χ3n) is 6.57. The van der Waals surface area contributed by atoms with Gasteiger partial charge in [-0.05, 0) is 44.9 Å². The van der Waals surface area contributed by atoms with E-state index in [1.165, 1.54) is 0 Å². The molecule has 8 nitrogen and oxygen atoms in total. The van der Waals surface area contributed by atoms with Crippen molar-refractivity contribution in [2.75, 3.05) is 26.3 Å². The maximum Gasteiger partial charge on any atom is 0.257 e. The van der Waals surface area contributed by atoms with Crippen molar-refractivity contribution in [3.8, 4) is 22.8 Å². The van der Waals surface area contributed by atoms with Gasteiger partial charge < -0.3 is 14.4 Å². The van der Waals surface area contributed by atoms with Crippen molar-refractivity contribution in [3.05, 3.63) is 57.8 Å². The molecule has 2 aliphatic rings. The van der Waals surface area contributed by atoms with Crippen LogP contribution in [0.2, 0.25) is 0 Å². The van der Waals surface area contributed by atoms with E-state index in [1.54, 1.807) is 22.0 Å². The van der Waals surface area contributed by atoms with Gasteiger partial charge in [0.25, 0.3) is 5.91 Å². The van der Waals surface area contributed by atoms with Crippen molar-refractivity contribution in [1.82, 2.24) is 24.5 Å². The molecule has 0 N–H and O–H groups in total. The first-order valence-electron chi connectivity index (χ1n) is 11.5. The lowest BCUT2D eigenvalue weighted by molar-refractivity contribution is 0.0711. The number of benzene rings is 1. The molecule has 9 heteroatoms. The Bertz CT molecular complexity index is 1390. The number of aromatic nitrogens is 4. The van der Waals surface area contributed by atoms with Crippen LogP contribution in [0.25, 0.3) is 16.9 Å². The highest BCUT2D eigenvalue weighted by atomic mass is 32.1. The van der Waals surface area contributed by atoms with Gasteiger partial charge in [-0.15, -0.1) is 11.3 Å². The number of amides is 1. The molecule has 0 bridgehead atoms. The average Bonchev–Trinajstić information content (AvgIpc) is 3.51. The average molecular weight is 476 g/mol. The molecule has 2 aliphatic heterocycles. The van der Waals surface area contributed by atoms with Gasteiger partial charge in [-0.25, -0.2) is 14.5 Å². The Labute approximate surface area is 201 Å². The third kappa shape index (κ3) is 3.69. The van der Waals surface area contributed by atoms with Crippen molar-refractivity contribution in [3.63, 3.8) is 0 Å². The zero-order valence-corrected chi connectivity index (χ0v) is 20.0. The summed E-state index contributed by atoms with van der Waals surface area (Å²) in [6.45, 7) is 6.42. The van der Waals surface area contributed by atoms with E-state index in [9.17, 15) is 4.79 Å². The fourth-order valence-corrected chi connectivity index (χ4v) is 5.68. The van der Waals surface area contributed by atoms with Gasteiger partial charge in [0.05, 0.1) is 27.7 Å². The number of ether oxygens (including phenoxy) is 2. The largest absolute Gasteiger partial charge is 0.486 e. The van der Waals surface area contributed by atoms with Crippen LogP contribution < -0.4 is 9.47 Å². The van der Waals surface area contributed by atoms with Crippen LogP contribution >= 0.6 is 11.3 Å². The van der Waals surface area contributed by atoms with Crippen LogP contribution in [0.1, 0.15) is 45.5 Å². The Morgan fingerprint density at radius 1 is 1.09 bits per heavy atom. The minimum Gasteiger partial charge on any atom is -0.486 e. The number of carbonyl (C=O) groups excluding carboxylic acids is 1. The molecule has 174 valence electrons. The highest BCUT2D eigenvalue weighted by Crippen LogP contribution is 2.37. The monoisotopic (exact) mass is 475 g/mol. The summed E-state index contributed by atoms with van der Waals surface area (Å²) < 4.78 is 13.1. The summed E-state index contributed by atoms with van der Waals surface area (Å²) in [5.74, 6) is 1.94. The molecule has 0 saturated carbocycles. The van der Waals surface area contributed by atoms with E-state index >= 15 is 0 Å². The van der Waals surface area contributed by atoms with Gasteiger partial charge in [-0.3, -0.25) is 4.79 Å². The zero-order chi connectivity index (χ0) is 23.2. The zero-order valence-electron chi connectivity index (χ0n) is 19.2. The molecule has 1 fully saturated rings. The quantitative estimate of drug-likeness (QED) is 0.440. The Kier molecular flexibility index (Phi) is 5.21. The van der Waals surface area contributed by atoms with Crippen molar-refractivity contribution >= 4 is 22.9 Å². The SMILES string of the molecule is Cc1cc2ncc(C(=O)N3CCC(c4nc(-c5ccc6c(c5)OCCO6)cs4)CC3)c(C)n2n1. The first-order valence-corrected chi connectivity index (χ1v) is 12.4. The topological polar surface area (TPSA) is 81.9 Å². The number of hydrogen-bond donors (Lipinski definition) is 0. The predicted molar refractivity (Wildman–Crippen MR) is 129 cm³/mol. The number of likely N-dealkylation sites (tertiary alicyclic amines) is 1. The van der Waals surface area contributed by atoms with Crippen molar-refractivity contribution in [1.29, 1.82) is 0 Å². The first kappa shape index (κ1) is 21.1. The van der Waals surface area contributed by atoms with Crippen molar-refractivity contribution in [2.24, 2.45) is 0 Å². The first-order chi connectivity index (χ1) is 16.6. The number of rotatable bonds is 3. The lowest BCUT2D eigenvalue weighted by Gasteiger charge is -2.31. The molecule has 0 radical (unpaired) electrons. The summed E-state index contributed by atoms with van der Waals surface area (Å²) in [6.07, 6.45) is 3.48. The second-order valence-electron chi connectivity index (χ2n) is 8.81. The smallest absolute Gasteiger partial charge is 0.257 e. The van der Waals surface area contributed by atoms with E-state index in [-0.39, 0.29) is 5.91 Å². The van der Waals surface area contributed by atoms with Gasteiger partial charge >= 0.3 is 0 Å². The normalized spacial score (nSPS) is 16.2. The predicted octanol–water partition coefficient (Wildman–Crippen LogP) is 4.26. The molecule has 6 rings (SSSR count). The maximum atomic E-state index is 13.2. The van der Waals surface area contributed by atoms with Gasteiger partial charge in [0.1, 0.15) is 13.2 Å². The van der Waals surface area contributed by atoms with E-state index in [0.29, 0.717) is 37.8 Å². The molecule has 0 aliphatic carbocycles. The fourth-order valence-electron chi connectivity index (χ4n) is 4.68. The Hall–Kier alpha value is -3.46. The minimum atomic E-state index is 0.0228. The Balaban J connectivity index is 1.14. The highest BCUT2D eigenvalue weighted by Gasteiger charge is 2.28. The van der Waals surface area contributed by atoms with E-state index < -0.39 is 0 Å². The third-order valence-corrected chi connectivity index (χ3v) is 7.58. The van der Waals surface area contributed by atoms with Crippen LogP contribution in [0.3, 0.4) is 0 Å². The maximum absolute atomic E-state index is 13.2. The molecule has 5 heterocycles. The van der Waals surface area contributed by atoms with Crippen LogP contribution in [0.5, 0.6) is 11.5 Å². The van der Waals surface area contributed by atoms with Crippen LogP contribution in [-0.4, -0.2) is 56.7 Å². The van der Waals surface area contributed by atoms with Crippen LogP contribution in [0.15, 0.2) is 35.8 Å². The second-order valence-corrected chi connectivity index (χ2v) is 9.70. The van der Waals surface area contributed by atoms with Crippen LogP contribution in [0.4, 0.5) is 0 Å². The molecule has 1 amide bonds. The van der Waals surface area contributed by atoms with Gasteiger partial charge in [0.2, 0.25) is 0 Å². The summed E-state index contributed by atoms with van der Waals surface area (Å²) in [4.78, 5) is 24.5. The molecule has 34 heavy (non-hydrogen) atoms. The number of carbonyl (C=O) groups is 1. The lowest BCUT2D eigenvalue weighted by Crippen LogP contribution is -2.38. The molecule has 0 unspecified atom stereocenters. The number of nitrogens with zero attached hydrogens (tertiary/aromatic N) is 5. The number of piperidine rings is 1. The molecule has 1 saturated heterocycles. The summed E-state index contributed by atoms with van der Waals surface area (Å²) >= 11 is 1.69. The standard InChI is InChI=1S/C25H25N5O3S/c1-15-11-23-26-13-19(16(2)30(23)28-15)25(31)29-7-5-17(6-8-29)24-27-20(14-34-24)18-3-4-21-22(12-18)33-10-9-32-21/h3-4,11-14,17H,5-10H2,1-2H3. The number of hydrogen-bond acceptors (Lipinski definition) is 7. The number of aryl methyl sites for hydroxylation is 2. The number of thiazole rings is 1. The molecule has 0 atom stereocenters. The fraction of sp³-hybridized carbons (Fsp3) is 0.360. The molecule has 1 aromatic carbocycles. The summed E-state index contributed by atoms with van der Waals surface area (Å²) in [5, 5.41) is 7.70. The molecule has 4 aromatic rings. The van der Waals surface area contributed by atoms with E-state index in [0.717, 1.165) is 57.6 Å². The molecule has 0 spiro atoms. The van der Waals surface area contributed by atoms with Gasteiger partial charge in [-0.1, -0.05) is 0 Å². The summed E-state index contributed by atoms with van der Waals surface area (Å²) in [7, 11) is 0. The van der Waals surface area contributed by atoms with Crippen molar-refractivity contribution in [2.45, 2.75) is 32.6 Å². The van der Waals surface area contributed by atoms with E-state index in [2.05, 4.69) is 15.5 Å². The molecular weight excluding hydrogens is 450 g/mol. The molecule has 3 aromatic heterocycles. The van der Waals surface area contributed by atoms with Crippen molar-refractivity contribution < 1.29 is 14.3 Å². The van der Waals surface area contributed by atoms with Gasteiger partial charge in [0.15, 0.2) is 17.1 Å². The Morgan fingerprint density at radius 3 is 2.71 bits per heavy atom. The second kappa shape index (κ2) is 8.39. The molecular formula is C25H25N5O3S.